The van der Waals surface area contributed by atoms with E-state index in [9.17, 15) is 9.59 Å². The van der Waals surface area contributed by atoms with Crippen LogP contribution in [-0.2, 0) is 17.7 Å². The van der Waals surface area contributed by atoms with E-state index in [1.807, 2.05) is 9.47 Å². The minimum absolute atomic E-state index is 0.00591. The molecule has 2 amide bonds. The molecule has 136 valence electrons. The van der Waals surface area contributed by atoms with E-state index in [-0.39, 0.29) is 11.8 Å². The smallest absolute Gasteiger partial charge is 0.290 e. The summed E-state index contributed by atoms with van der Waals surface area (Å²) in [6, 6.07) is 0. The molecule has 7 heteroatoms. The van der Waals surface area contributed by atoms with Crippen LogP contribution in [-0.4, -0.2) is 70.6 Å². The predicted octanol–water partition coefficient (Wildman–Crippen LogP) is 1.32. The molecule has 25 heavy (non-hydrogen) atoms. The van der Waals surface area contributed by atoms with Gasteiger partial charge in [0.1, 0.15) is 5.69 Å². The molecular weight excluding hydrogens is 320 g/mol. The summed E-state index contributed by atoms with van der Waals surface area (Å²) in [5.74, 6) is 0.382. The Morgan fingerprint density at radius 2 is 1.48 bits per heavy atom. The quantitative estimate of drug-likeness (QED) is 0.810. The highest BCUT2D eigenvalue weighted by molar-refractivity contribution is 5.97. The van der Waals surface area contributed by atoms with Gasteiger partial charge in [0.25, 0.3) is 11.8 Å². The number of hydrogen-bond donors (Lipinski definition) is 0. The summed E-state index contributed by atoms with van der Waals surface area (Å²) in [5, 5.41) is 0. The Labute approximate surface area is 147 Å². The van der Waals surface area contributed by atoms with Gasteiger partial charge in [-0.15, -0.1) is 0 Å². The molecular formula is C18H26N4O3. The SMILES string of the molecule is O=C(c1nc(C(=O)N2CCOCC2)n2c1CCCC2)N1CCCCC1. The molecule has 2 saturated heterocycles. The molecule has 0 aliphatic carbocycles. The summed E-state index contributed by atoms with van der Waals surface area (Å²) in [6.45, 7) is 4.71. The minimum atomic E-state index is -0.0656. The molecule has 0 N–H and O–H groups in total. The van der Waals surface area contributed by atoms with Crippen LogP contribution in [0.5, 0.6) is 0 Å². The Morgan fingerprint density at radius 3 is 2.24 bits per heavy atom. The number of carbonyl (C=O) groups is 2. The third kappa shape index (κ3) is 3.17. The number of rotatable bonds is 2. The lowest BCUT2D eigenvalue weighted by Crippen LogP contribution is -2.42. The Morgan fingerprint density at radius 1 is 0.800 bits per heavy atom. The summed E-state index contributed by atoms with van der Waals surface area (Å²) in [7, 11) is 0. The number of ether oxygens (including phenoxy) is 1. The zero-order valence-corrected chi connectivity index (χ0v) is 14.7. The fourth-order valence-electron chi connectivity index (χ4n) is 4.03. The minimum Gasteiger partial charge on any atom is -0.378 e. The summed E-state index contributed by atoms with van der Waals surface area (Å²) in [6.07, 6.45) is 6.22. The first-order valence-electron chi connectivity index (χ1n) is 9.51. The van der Waals surface area contributed by atoms with Crippen LogP contribution < -0.4 is 0 Å². The first kappa shape index (κ1) is 16.6. The standard InChI is InChI=1S/C18H26N4O3/c23-17(20-7-3-1-4-8-20)15-14-6-2-5-9-22(14)16(19-15)18(24)21-10-12-25-13-11-21/h1-13H2. The average Bonchev–Trinajstić information content (AvgIpc) is 3.08. The first-order chi connectivity index (χ1) is 12.3. The van der Waals surface area contributed by atoms with Crippen molar-refractivity contribution in [3.63, 3.8) is 0 Å². The van der Waals surface area contributed by atoms with Crippen molar-refractivity contribution in [1.82, 2.24) is 19.4 Å². The van der Waals surface area contributed by atoms with E-state index in [1.165, 1.54) is 6.42 Å². The van der Waals surface area contributed by atoms with Crippen molar-refractivity contribution in [2.75, 3.05) is 39.4 Å². The third-order valence-corrected chi connectivity index (χ3v) is 5.45. The molecule has 3 aliphatic rings. The van der Waals surface area contributed by atoms with Crippen LogP contribution in [0.15, 0.2) is 0 Å². The van der Waals surface area contributed by atoms with Crippen molar-refractivity contribution in [2.24, 2.45) is 0 Å². The van der Waals surface area contributed by atoms with Crippen molar-refractivity contribution in [3.8, 4) is 0 Å². The summed E-state index contributed by atoms with van der Waals surface area (Å²) in [5.41, 5.74) is 1.47. The predicted molar refractivity (Wildman–Crippen MR) is 91.6 cm³/mol. The molecule has 3 aliphatic heterocycles. The molecule has 4 heterocycles. The molecule has 1 aromatic heterocycles. The number of aromatic nitrogens is 2. The zero-order chi connectivity index (χ0) is 17.2. The topological polar surface area (TPSA) is 67.7 Å². The van der Waals surface area contributed by atoms with Crippen LogP contribution in [0.1, 0.15) is 58.9 Å². The van der Waals surface area contributed by atoms with Gasteiger partial charge in [-0.05, 0) is 38.5 Å². The number of likely N-dealkylation sites (tertiary alicyclic amines) is 1. The van der Waals surface area contributed by atoms with Crippen LogP contribution in [0, 0.1) is 0 Å². The second kappa shape index (κ2) is 7.15. The van der Waals surface area contributed by atoms with Gasteiger partial charge in [-0.1, -0.05) is 0 Å². The fraction of sp³-hybridized carbons (Fsp3) is 0.722. The molecule has 7 nitrogen and oxygen atoms in total. The number of fused-ring (bicyclic) bond motifs is 1. The van der Waals surface area contributed by atoms with Gasteiger partial charge in [-0.3, -0.25) is 9.59 Å². The maximum atomic E-state index is 13.0. The third-order valence-electron chi connectivity index (χ3n) is 5.45. The van der Waals surface area contributed by atoms with E-state index in [0.717, 1.165) is 57.4 Å². The van der Waals surface area contributed by atoms with Crippen molar-refractivity contribution in [2.45, 2.75) is 45.1 Å². The summed E-state index contributed by atoms with van der Waals surface area (Å²) >= 11 is 0. The fourth-order valence-corrected chi connectivity index (χ4v) is 4.03. The van der Waals surface area contributed by atoms with Crippen molar-refractivity contribution >= 4 is 11.8 Å². The van der Waals surface area contributed by atoms with Crippen LogP contribution in [0.2, 0.25) is 0 Å². The maximum absolute atomic E-state index is 13.0. The van der Waals surface area contributed by atoms with Gasteiger partial charge >= 0.3 is 0 Å². The van der Waals surface area contributed by atoms with Gasteiger partial charge in [0.15, 0.2) is 5.82 Å². The highest BCUT2D eigenvalue weighted by Crippen LogP contribution is 2.24. The summed E-state index contributed by atoms with van der Waals surface area (Å²) < 4.78 is 7.34. The molecule has 1 aromatic rings. The zero-order valence-electron chi connectivity index (χ0n) is 14.7. The molecule has 0 aromatic carbocycles. The molecule has 2 fully saturated rings. The normalized spacial score (nSPS) is 21.1. The number of hydrogen-bond acceptors (Lipinski definition) is 4. The van der Waals surface area contributed by atoms with Crippen molar-refractivity contribution in [1.29, 1.82) is 0 Å². The number of imidazole rings is 1. The van der Waals surface area contributed by atoms with E-state index in [0.29, 0.717) is 37.8 Å². The highest BCUT2D eigenvalue weighted by atomic mass is 16.5. The van der Waals surface area contributed by atoms with Crippen LogP contribution in [0.25, 0.3) is 0 Å². The Hall–Kier alpha value is -1.89. The first-order valence-corrected chi connectivity index (χ1v) is 9.51. The van der Waals surface area contributed by atoms with Gasteiger partial charge in [0, 0.05) is 32.7 Å². The monoisotopic (exact) mass is 346 g/mol. The molecule has 0 unspecified atom stereocenters. The van der Waals surface area contributed by atoms with E-state index < -0.39 is 0 Å². The lowest BCUT2D eigenvalue weighted by Gasteiger charge is -2.27. The van der Waals surface area contributed by atoms with Gasteiger partial charge in [-0.2, -0.15) is 0 Å². The van der Waals surface area contributed by atoms with Crippen LogP contribution in [0.3, 0.4) is 0 Å². The second-order valence-electron chi connectivity index (χ2n) is 7.10. The number of amides is 2. The van der Waals surface area contributed by atoms with Crippen LogP contribution in [0.4, 0.5) is 0 Å². The number of nitrogens with zero attached hydrogens (tertiary/aromatic N) is 4. The number of carbonyl (C=O) groups excluding carboxylic acids is 2. The van der Waals surface area contributed by atoms with Gasteiger partial charge in [0.05, 0.1) is 18.9 Å². The second-order valence-corrected chi connectivity index (χ2v) is 7.10. The van der Waals surface area contributed by atoms with E-state index >= 15 is 0 Å². The van der Waals surface area contributed by atoms with E-state index in [2.05, 4.69) is 4.98 Å². The lowest BCUT2D eigenvalue weighted by molar-refractivity contribution is 0.0291. The highest BCUT2D eigenvalue weighted by Gasteiger charge is 2.32. The number of piperidine rings is 1. The van der Waals surface area contributed by atoms with Crippen LogP contribution >= 0.6 is 0 Å². The lowest BCUT2D eigenvalue weighted by atomic mass is 10.1. The maximum Gasteiger partial charge on any atom is 0.290 e. The van der Waals surface area contributed by atoms with E-state index in [1.54, 1.807) is 4.90 Å². The Balaban J connectivity index is 1.64. The van der Waals surface area contributed by atoms with Crippen molar-refractivity contribution in [3.05, 3.63) is 17.2 Å². The van der Waals surface area contributed by atoms with E-state index in [4.69, 9.17) is 4.74 Å². The van der Waals surface area contributed by atoms with Gasteiger partial charge in [0.2, 0.25) is 0 Å². The average molecular weight is 346 g/mol. The molecule has 0 spiro atoms. The summed E-state index contributed by atoms with van der Waals surface area (Å²) in [4.78, 5) is 34.2. The largest absolute Gasteiger partial charge is 0.378 e. The van der Waals surface area contributed by atoms with Gasteiger partial charge < -0.3 is 19.1 Å². The molecule has 4 rings (SSSR count). The van der Waals surface area contributed by atoms with Crippen molar-refractivity contribution < 1.29 is 14.3 Å². The number of morpholine rings is 1. The Bertz CT molecular complexity index is 603. The molecule has 0 atom stereocenters. The Kier molecular flexibility index (Phi) is 4.74. The molecule has 0 radical (unpaired) electrons. The van der Waals surface area contributed by atoms with Gasteiger partial charge in [-0.25, -0.2) is 4.98 Å². The molecule has 0 saturated carbocycles. The molecule has 0 bridgehead atoms.